The fourth-order valence-corrected chi connectivity index (χ4v) is 1.73. The van der Waals surface area contributed by atoms with E-state index in [-0.39, 0.29) is 16.7 Å². The molecular weight excluding hydrogens is 242 g/mol. The molecule has 2 rings (SSSR count). The van der Waals surface area contributed by atoms with Gasteiger partial charge >= 0.3 is 5.97 Å². The van der Waals surface area contributed by atoms with E-state index in [2.05, 4.69) is 0 Å². The van der Waals surface area contributed by atoms with Gasteiger partial charge in [-0.15, -0.1) is 0 Å². The molecule has 0 fully saturated rings. The first kappa shape index (κ1) is 12.5. The van der Waals surface area contributed by atoms with E-state index < -0.39 is 11.8 Å². The van der Waals surface area contributed by atoms with Crippen LogP contribution in [0.3, 0.4) is 0 Å². The van der Waals surface area contributed by atoms with Gasteiger partial charge in [-0.2, -0.15) is 5.26 Å². The van der Waals surface area contributed by atoms with E-state index in [9.17, 15) is 9.59 Å². The number of carboxylic acids is 1. The van der Waals surface area contributed by atoms with Gasteiger partial charge in [-0.25, -0.2) is 4.79 Å². The van der Waals surface area contributed by atoms with Crippen LogP contribution in [-0.2, 0) is 0 Å². The fraction of sp³-hybridized carbons (Fsp3) is 0. The first-order valence-corrected chi connectivity index (χ1v) is 5.50. The number of nitrogens with zero attached hydrogens (tertiary/aromatic N) is 1. The number of aromatic carboxylic acids is 1. The molecule has 0 radical (unpaired) electrons. The maximum atomic E-state index is 12.3. The number of benzene rings is 2. The van der Waals surface area contributed by atoms with E-state index >= 15 is 0 Å². The number of nitriles is 1. The molecule has 0 unspecified atom stereocenters. The van der Waals surface area contributed by atoms with Gasteiger partial charge in [0.2, 0.25) is 0 Å². The van der Waals surface area contributed by atoms with Crippen LogP contribution in [0.4, 0.5) is 0 Å². The lowest BCUT2D eigenvalue weighted by Crippen LogP contribution is -2.10. The van der Waals surface area contributed by atoms with Crippen molar-refractivity contribution in [2.75, 3.05) is 0 Å². The summed E-state index contributed by atoms with van der Waals surface area (Å²) >= 11 is 0. The van der Waals surface area contributed by atoms with E-state index in [4.69, 9.17) is 10.4 Å². The number of carbonyl (C=O) groups excluding carboxylic acids is 1. The van der Waals surface area contributed by atoms with E-state index in [0.29, 0.717) is 5.56 Å². The van der Waals surface area contributed by atoms with Crippen molar-refractivity contribution in [2.45, 2.75) is 0 Å². The standard InChI is InChI=1S/C15H9NO3/c16-9-10-6-7-12(15(18)19)13(8-10)14(17)11-4-2-1-3-5-11/h1-8H,(H,18,19). The van der Waals surface area contributed by atoms with Gasteiger partial charge in [0, 0.05) is 11.1 Å². The van der Waals surface area contributed by atoms with Crippen LogP contribution >= 0.6 is 0 Å². The Morgan fingerprint density at radius 1 is 1.00 bits per heavy atom. The predicted octanol–water partition coefficient (Wildman–Crippen LogP) is 2.49. The normalized spacial score (nSPS) is 9.63. The quantitative estimate of drug-likeness (QED) is 0.850. The smallest absolute Gasteiger partial charge is 0.336 e. The monoisotopic (exact) mass is 251 g/mol. The van der Waals surface area contributed by atoms with Gasteiger partial charge in [-0.3, -0.25) is 4.79 Å². The molecular formula is C15H9NO3. The molecule has 2 aromatic carbocycles. The number of hydrogen-bond acceptors (Lipinski definition) is 3. The van der Waals surface area contributed by atoms with E-state index in [1.807, 2.05) is 6.07 Å². The summed E-state index contributed by atoms with van der Waals surface area (Å²) < 4.78 is 0. The third-order valence-electron chi connectivity index (χ3n) is 2.66. The second-order valence-electron chi connectivity index (χ2n) is 3.87. The minimum atomic E-state index is -1.19. The average molecular weight is 251 g/mol. The van der Waals surface area contributed by atoms with Crippen LogP contribution in [0.5, 0.6) is 0 Å². The van der Waals surface area contributed by atoms with Crippen LogP contribution in [0.25, 0.3) is 0 Å². The van der Waals surface area contributed by atoms with Gasteiger partial charge in [0.25, 0.3) is 0 Å². The van der Waals surface area contributed by atoms with Gasteiger partial charge in [-0.05, 0) is 18.2 Å². The van der Waals surface area contributed by atoms with E-state index in [0.717, 1.165) is 0 Å². The molecule has 0 saturated carbocycles. The number of rotatable bonds is 3. The zero-order chi connectivity index (χ0) is 13.8. The Balaban J connectivity index is 2.58. The van der Waals surface area contributed by atoms with E-state index in [1.165, 1.54) is 18.2 Å². The molecule has 0 spiro atoms. The van der Waals surface area contributed by atoms with Crippen molar-refractivity contribution in [3.63, 3.8) is 0 Å². The van der Waals surface area contributed by atoms with Crippen molar-refractivity contribution in [3.8, 4) is 6.07 Å². The Kier molecular flexibility index (Phi) is 3.39. The Labute approximate surface area is 109 Å². The SMILES string of the molecule is N#Cc1ccc(C(=O)O)c(C(=O)c2ccccc2)c1. The molecule has 4 heteroatoms. The van der Waals surface area contributed by atoms with Crippen molar-refractivity contribution < 1.29 is 14.7 Å². The molecule has 0 saturated heterocycles. The highest BCUT2D eigenvalue weighted by atomic mass is 16.4. The number of carbonyl (C=O) groups is 2. The van der Waals surface area contributed by atoms with Crippen LogP contribution in [0.1, 0.15) is 31.8 Å². The van der Waals surface area contributed by atoms with Gasteiger partial charge in [-0.1, -0.05) is 30.3 Å². The Morgan fingerprint density at radius 3 is 2.26 bits per heavy atom. The zero-order valence-electron chi connectivity index (χ0n) is 9.83. The van der Waals surface area contributed by atoms with Crippen LogP contribution in [0, 0.1) is 11.3 Å². The molecule has 0 aliphatic carbocycles. The third-order valence-corrected chi connectivity index (χ3v) is 2.66. The Morgan fingerprint density at radius 2 is 1.68 bits per heavy atom. The van der Waals surface area contributed by atoms with Gasteiger partial charge < -0.3 is 5.11 Å². The molecule has 0 bridgehead atoms. The summed E-state index contributed by atoms with van der Waals surface area (Å²) in [6, 6.07) is 14.2. The summed E-state index contributed by atoms with van der Waals surface area (Å²) in [7, 11) is 0. The zero-order valence-corrected chi connectivity index (χ0v) is 9.83. The minimum absolute atomic E-state index is 0.0257. The molecule has 92 valence electrons. The third kappa shape index (κ3) is 2.50. The van der Waals surface area contributed by atoms with Crippen LogP contribution in [0.15, 0.2) is 48.5 Å². The summed E-state index contributed by atoms with van der Waals surface area (Å²) in [4.78, 5) is 23.4. The summed E-state index contributed by atoms with van der Waals surface area (Å²) in [5.41, 5.74) is 0.565. The van der Waals surface area contributed by atoms with Crippen molar-refractivity contribution >= 4 is 11.8 Å². The maximum Gasteiger partial charge on any atom is 0.336 e. The first-order chi connectivity index (χ1) is 9.13. The highest BCUT2D eigenvalue weighted by Crippen LogP contribution is 2.16. The molecule has 0 heterocycles. The molecule has 2 aromatic rings. The van der Waals surface area contributed by atoms with Crippen molar-refractivity contribution in [1.29, 1.82) is 5.26 Å². The second kappa shape index (κ2) is 5.15. The number of hydrogen-bond donors (Lipinski definition) is 1. The Bertz CT molecular complexity index is 684. The summed E-state index contributed by atoms with van der Waals surface area (Å²) in [5.74, 6) is -1.60. The van der Waals surface area contributed by atoms with Gasteiger partial charge in [0.05, 0.1) is 17.2 Å². The lowest BCUT2D eigenvalue weighted by molar-refractivity contribution is 0.0693. The number of carboxylic acid groups (broad SMARTS) is 1. The van der Waals surface area contributed by atoms with Gasteiger partial charge in [0.1, 0.15) is 0 Å². The predicted molar refractivity (Wildman–Crippen MR) is 68.0 cm³/mol. The molecule has 19 heavy (non-hydrogen) atoms. The summed E-state index contributed by atoms with van der Waals surface area (Å²) in [6.45, 7) is 0. The topological polar surface area (TPSA) is 78.2 Å². The molecule has 0 aliphatic rings. The summed E-state index contributed by atoms with van der Waals surface area (Å²) in [6.07, 6.45) is 0. The maximum absolute atomic E-state index is 12.3. The molecule has 1 N–H and O–H groups in total. The van der Waals surface area contributed by atoms with Crippen molar-refractivity contribution in [3.05, 3.63) is 70.8 Å². The molecule has 0 aromatic heterocycles. The lowest BCUT2D eigenvalue weighted by Gasteiger charge is -2.05. The van der Waals surface area contributed by atoms with Gasteiger partial charge in [0.15, 0.2) is 5.78 Å². The summed E-state index contributed by atoms with van der Waals surface area (Å²) in [5, 5.41) is 17.9. The van der Waals surface area contributed by atoms with E-state index in [1.54, 1.807) is 30.3 Å². The molecule has 0 aliphatic heterocycles. The molecule has 4 nitrogen and oxygen atoms in total. The highest BCUT2D eigenvalue weighted by Gasteiger charge is 2.18. The second-order valence-corrected chi connectivity index (χ2v) is 3.87. The van der Waals surface area contributed by atoms with Crippen molar-refractivity contribution in [2.24, 2.45) is 0 Å². The van der Waals surface area contributed by atoms with Crippen LogP contribution in [-0.4, -0.2) is 16.9 Å². The Hall–Kier alpha value is -2.93. The van der Waals surface area contributed by atoms with Crippen molar-refractivity contribution in [1.82, 2.24) is 0 Å². The van der Waals surface area contributed by atoms with Crippen LogP contribution in [0.2, 0.25) is 0 Å². The largest absolute Gasteiger partial charge is 0.478 e. The first-order valence-electron chi connectivity index (χ1n) is 5.50. The lowest BCUT2D eigenvalue weighted by atomic mass is 9.96. The number of ketones is 1. The fourth-order valence-electron chi connectivity index (χ4n) is 1.73. The highest BCUT2D eigenvalue weighted by molar-refractivity contribution is 6.14. The minimum Gasteiger partial charge on any atom is -0.478 e. The molecule has 0 atom stereocenters. The van der Waals surface area contributed by atoms with Crippen LogP contribution < -0.4 is 0 Å². The molecule has 0 amide bonds. The average Bonchev–Trinajstić information content (AvgIpc) is 2.46.